The van der Waals surface area contributed by atoms with Crippen molar-refractivity contribution in [2.45, 2.75) is 32.9 Å². The highest BCUT2D eigenvalue weighted by atomic mass is 16.2. The molecule has 0 saturated carbocycles. The highest BCUT2D eigenvalue weighted by Gasteiger charge is 2.12. The van der Waals surface area contributed by atoms with E-state index in [1.165, 1.54) is 24.1 Å². The number of carbonyl (C=O) groups excluding carboxylic acids is 2. The molecule has 0 aromatic heterocycles. The van der Waals surface area contributed by atoms with Gasteiger partial charge in [0.1, 0.15) is 0 Å². The van der Waals surface area contributed by atoms with Gasteiger partial charge in [-0.1, -0.05) is 42.0 Å². The fourth-order valence-corrected chi connectivity index (χ4v) is 3.17. The largest absolute Gasteiger partial charge is 0.372 e. The number of amides is 3. The molecule has 0 aliphatic carbocycles. The summed E-state index contributed by atoms with van der Waals surface area (Å²) in [5.74, 6) is -0.214. The minimum atomic E-state index is -0.356. The van der Waals surface area contributed by atoms with Crippen LogP contribution in [0.1, 0.15) is 29.5 Å². The number of carbonyl (C=O) groups is 2. The van der Waals surface area contributed by atoms with E-state index < -0.39 is 0 Å². The van der Waals surface area contributed by atoms with E-state index in [1.54, 1.807) is 0 Å². The summed E-state index contributed by atoms with van der Waals surface area (Å²) in [6.45, 7) is 5.08. The lowest BCUT2D eigenvalue weighted by Gasteiger charge is -2.17. The molecule has 0 unspecified atom stereocenters. The Balaban J connectivity index is 1.33. The molecule has 2 aromatic rings. The molecular formula is C22H28N4O2. The molecule has 1 fully saturated rings. The minimum absolute atomic E-state index is 0.0500. The Bertz CT molecular complexity index is 781. The molecule has 0 radical (unpaired) electrons. The van der Waals surface area contributed by atoms with Crippen LogP contribution >= 0.6 is 0 Å². The van der Waals surface area contributed by atoms with Crippen molar-refractivity contribution in [2.24, 2.45) is 0 Å². The lowest BCUT2D eigenvalue weighted by atomic mass is 10.1. The molecule has 6 nitrogen and oxygen atoms in total. The Morgan fingerprint density at radius 2 is 1.39 bits per heavy atom. The standard InChI is InChI=1S/C22H28N4O2/c1-17-4-6-18(7-5-17)15-24-22(28)25-16-21(27)23-14-19-8-10-20(11-9-19)26-12-2-3-13-26/h4-11H,2-3,12-16H2,1H3,(H,23,27)(H2,24,25,28). The summed E-state index contributed by atoms with van der Waals surface area (Å²) in [6.07, 6.45) is 2.51. The molecule has 6 heteroatoms. The molecule has 3 amide bonds. The van der Waals surface area contributed by atoms with Crippen LogP contribution in [0.3, 0.4) is 0 Å². The molecule has 1 aliphatic rings. The first-order chi connectivity index (χ1) is 13.6. The van der Waals surface area contributed by atoms with E-state index in [-0.39, 0.29) is 18.5 Å². The number of rotatable bonds is 7. The molecule has 1 saturated heterocycles. The number of nitrogens with one attached hydrogen (secondary N) is 3. The first-order valence-electron chi connectivity index (χ1n) is 9.78. The number of nitrogens with zero attached hydrogens (tertiary/aromatic N) is 1. The van der Waals surface area contributed by atoms with Crippen molar-refractivity contribution in [3.8, 4) is 0 Å². The van der Waals surface area contributed by atoms with E-state index in [4.69, 9.17) is 0 Å². The van der Waals surface area contributed by atoms with Gasteiger partial charge in [-0.05, 0) is 43.0 Å². The predicted octanol–water partition coefficient (Wildman–Crippen LogP) is 2.71. The van der Waals surface area contributed by atoms with E-state index >= 15 is 0 Å². The van der Waals surface area contributed by atoms with Crippen LogP contribution in [0.2, 0.25) is 0 Å². The van der Waals surface area contributed by atoms with Crippen LogP contribution in [-0.4, -0.2) is 31.6 Å². The monoisotopic (exact) mass is 380 g/mol. The average Bonchev–Trinajstić information content (AvgIpc) is 3.25. The lowest BCUT2D eigenvalue weighted by molar-refractivity contribution is -0.120. The first kappa shape index (κ1) is 19.7. The Kier molecular flexibility index (Phi) is 6.89. The maximum absolute atomic E-state index is 11.9. The molecule has 0 atom stereocenters. The molecule has 3 rings (SSSR count). The van der Waals surface area contributed by atoms with Gasteiger partial charge in [0.15, 0.2) is 0 Å². The summed E-state index contributed by atoms with van der Waals surface area (Å²) in [7, 11) is 0. The van der Waals surface area contributed by atoms with Crippen molar-refractivity contribution in [2.75, 3.05) is 24.5 Å². The molecule has 0 bridgehead atoms. The highest BCUT2D eigenvalue weighted by Crippen LogP contribution is 2.20. The van der Waals surface area contributed by atoms with E-state index in [2.05, 4.69) is 33.0 Å². The van der Waals surface area contributed by atoms with Gasteiger partial charge in [-0.25, -0.2) is 4.79 Å². The first-order valence-corrected chi connectivity index (χ1v) is 9.78. The Morgan fingerprint density at radius 1 is 0.821 bits per heavy atom. The van der Waals surface area contributed by atoms with Crippen LogP contribution in [0, 0.1) is 6.92 Å². The molecule has 28 heavy (non-hydrogen) atoms. The van der Waals surface area contributed by atoms with E-state index in [0.717, 1.165) is 24.2 Å². The number of hydrogen-bond donors (Lipinski definition) is 3. The van der Waals surface area contributed by atoms with Crippen molar-refractivity contribution < 1.29 is 9.59 Å². The van der Waals surface area contributed by atoms with Crippen LogP contribution in [0.4, 0.5) is 10.5 Å². The second-order valence-corrected chi connectivity index (χ2v) is 7.16. The number of anilines is 1. The lowest BCUT2D eigenvalue weighted by Crippen LogP contribution is -2.41. The molecule has 3 N–H and O–H groups in total. The van der Waals surface area contributed by atoms with Crippen molar-refractivity contribution in [3.63, 3.8) is 0 Å². The number of benzene rings is 2. The summed E-state index contributed by atoms with van der Waals surface area (Å²) < 4.78 is 0. The van der Waals surface area contributed by atoms with Crippen LogP contribution in [0.5, 0.6) is 0 Å². The van der Waals surface area contributed by atoms with Crippen molar-refractivity contribution in [1.82, 2.24) is 16.0 Å². The maximum Gasteiger partial charge on any atom is 0.315 e. The van der Waals surface area contributed by atoms with Crippen LogP contribution in [-0.2, 0) is 17.9 Å². The van der Waals surface area contributed by atoms with Gasteiger partial charge in [-0.2, -0.15) is 0 Å². The third-order valence-electron chi connectivity index (χ3n) is 4.88. The second-order valence-electron chi connectivity index (χ2n) is 7.16. The third-order valence-corrected chi connectivity index (χ3v) is 4.88. The minimum Gasteiger partial charge on any atom is -0.372 e. The van der Waals surface area contributed by atoms with Gasteiger partial charge < -0.3 is 20.9 Å². The third kappa shape index (κ3) is 6.01. The van der Waals surface area contributed by atoms with Crippen molar-refractivity contribution in [3.05, 3.63) is 65.2 Å². The predicted molar refractivity (Wildman–Crippen MR) is 111 cm³/mol. The van der Waals surface area contributed by atoms with Crippen LogP contribution in [0.15, 0.2) is 48.5 Å². The smallest absolute Gasteiger partial charge is 0.315 e. The zero-order valence-electron chi connectivity index (χ0n) is 16.3. The van der Waals surface area contributed by atoms with Gasteiger partial charge in [0.05, 0.1) is 6.54 Å². The summed E-state index contributed by atoms with van der Waals surface area (Å²) in [6, 6.07) is 15.9. The van der Waals surface area contributed by atoms with Gasteiger partial charge in [0.2, 0.25) is 5.91 Å². The van der Waals surface area contributed by atoms with Gasteiger partial charge in [-0.15, -0.1) is 0 Å². The average molecular weight is 380 g/mol. The van der Waals surface area contributed by atoms with Gasteiger partial charge in [0, 0.05) is 31.9 Å². The van der Waals surface area contributed by atoms with Gasteiger partial charge in [-0.3, -0.25) is 4.79 Å². The summed E-state index contributed by atoms with van der Waals surface area (Å²) in [5, 5.41) is 8.15. The summed E-state index contributed by atoms with van der Waals surface area (Å²) in [5.41, 5.74) is 4.47. The molecule has 0 spiro atoms. The highest BCUT2D eigenvalue weighted by molar-refractivity contribution is 5.83. The van der Waals surface area contributed by atoms with Crippen LogP contribution in [0.25, 0.3) is 0 Å². The van der Waals surface area contributed by atoms with Gasteiger partial charge >= 0.3 is 6.03 Å². The fourth-order valence-electron chi connectivity index (χ4n) is 3.17. The quantitative estimate of drug-likeness (QED) is 0.691. The maximum atomic E-state index is 11.9. The Morgan fingerprint density at radius 3 is 2.04 bits per heavy atom. The number of hydrogen-bond acceptors (Lipinski definition) is 3. The Labute approximate surface area is 166 Å². The van der Waals surface area contributed by atoms with Crippen LogP contribution < -0.4 is 20.9 Å². The topological polar surface area (TPSA) is 73.5 Å². The van der Waals surface area contributed by atoms with E-state index in [0.29, 0.717) is 13.1 Å². The van der Waals surface area contributed by atoms with E-state index in [9.17, 15) is 9.59 Å². The number of urea groups is 1. The second kappa shape index (κ2) is 9.78. The van der Waals surface area contributed by atoms with E-state index in [1.807, 2.05) is 43.3 Å². The molecular weight excluding hydrogens is 352 g/mol. The normalized spacial score (nSPS) is 13.2. The summed E-state index contributed by atoms with van der Waals surface area (Å²) in [4.78, 5) is 26.1. The van der Waals surface area contributed by atoms with Crippen molar-refractivity contribution >= 4 is 17.6 Å². The zero-order valence-corrected chi connectivity index (χ0v) is 16.3. The Hall–Kier alpha value is -3.02. The SMILES string of the molecule is Cc1ccc(CNC(=O)NCC(=O)NCc2ccc(N3CCCC3)cc2)cc1. The zero-order chi connectivity index (χ0) is 19.8. The molecule has 1 aliphatic heterocycles. The summed E-state index contributed by atoms with van der Waals surface area (Å²) >= 11 is 0. The molecule has 2 aromatic carbocycles. The van der Waals surface area contributed by atoms with Gasteiger partial charge in [0.25, 0.3) is 0 Å². The van der Waals surface area contributed by atoms with Crippen molar-refractivity contribution in [1.29, 1.82) is 0 Å². The fraction of sp³-hybridized carbons (Fsp3) is 0.364. The molecule has 1 heterocycles. The number of aryl methyl sites for hydroxylation is 1. The molecule has 148 valence electrons.